The van der Waals surface area contributed by atoms with E-state index in [1.807, 2.05) is 0 Å². The van der Waals surface area contributed by atoms with E-state index in [0.717, 1.165) is 4.90 Å². The standard InChI is InChI=1S/C10H11ClN2O4/c11-5-1-2-6-7(3-5)13(4-8(14)15)10(17)12-9(6)16/h3,5-6H,1-2,4H2,(H,14,15)(H,12,16,17). The molecule has 1 aliphatic carbocycles. The normalized spacial score (nSPS) is 28.3. The molecule has 7 heteroatoms. The van der Waals surface area contributed by atoms with Crippen molar-refractivity contribution < 1.29 is 19.5 Å². The molecule has 2 N–H and O–H groups in total. The number of carboxylic acid groups (broad SMARTS) is 1. The van der Waals surface area contributed by atoms with Gasteiger partial charge in [-0.1, -0.05) is 0 Å². The van der Waals surface area contributed by atoms with Crippen LogP contribution in [0.15, 0.2) is 11.8 Å². The van der Waals surface area contributed by atoms with E-state index in [1.54, 1.807) is 6.08 Å². The summed E-state index contributed by atoms with van der Waals surface area (Å²) in [4.78, 5) is 34.9. The summed E-state index contributed by atoms with van der Waals surface area (Å²) in [6, 6.07) is -0.703. The predicted octanol–water partition coefficient (Wildman–Crippen LogP) is 0.524. The molecule has 0 aromatic heterocycles. The summed E-state index contributed by atoms with van der Waals surface area (Å²) in [7, 11) is 0. The number of carboxylic acids is 1. The Morgan fingerprint density at radius 2 is 2.24 bits per heavy atom. The van der Waals surface area contributed by atoms with Crippen molar-refractivity contribution in [3.63, 3.8) is 0 Å². The fourth-order valence-corrected chi connectivity index (χ4v) is 2.33. The Morgan fingerprint density at radius 3 is 2.88 bits per heavy atom. The summed E-state index contributed by atoms with van der Waals surface area (Å²) >= 11 is 5.94. The first kappa shape index (κ1) is 11.9. The molecule has 17 heavy (non-hydrogen) atoms. The number of nitrogens with zero attached hydrogens (tertiary/aromatic N) is 1. The van der Waals surface area contributed by atoms with Crippen molar-refractivity contribution in [2.75, 3.05) is 6.54 Å². The third-order valence-electron chi connectivity index (χ3n) is 2.84. The van der Waals surface area contributed by atoms with E-state index in [-0.39, 0.29) is 11.3 Å². The van der Waals surface area contributed by atoms with Gasteiger partial charge in [0.2, 0.25) is 5.91 Å². The highest BCUT2D eigenvalue weighted by Gasteiger charge is 2.39. The predicted molar refractivity (Wildman–Crippen MR) is 58.3 cm³/mol. The smallest absolute Gasteiger partial charge is 0.328 e. The molecule has 0 aromatic carbocycles. The van der Waals surface area contributed by atoms with E-state index in [0.29, 0.717) is 18.5 Å². The fourth-order valence-electron chi connectivity index (χ4n) is 2.08. The molecule has 3 amide bonds. The first-order valence-electron chi connectivity index (χ1n) is 5.19. The number of carbonyl (C=O) groups is 3. The molecule has 2 unspecified atom stereocenters. The molecular formula is C10H11ClN2O4. The summed E-state index contributed by atoms with van der Waals surface area (Å²) in [5.41, 5.74) is 0.410. The Labute approximate surface area is 102 Å². The van der Waals surface area contributed by atoms with Gasteiger partial charge in [0.15, 0.2) is 0 Å². The second-order valence-corrected chi connectivity index (χ2v) is 4.57. The Balaban J connectivity index is 2.32. The average Bonchev–Trinajstić information content (AvgIpc) is 2.23. The second-order valence-electron chi connectivity index (χ2n) is 4.01. The second kappa shape index (κ2) is 4.37. The topological polar surface area (TPSA) is 86.7 Å². The monoisotopic (exact) mass is 258 g/mol. The lowest BCUT2D eigenvalue weighted by atomic mass is 9.89. The van der Waals surface area contributed by atoms with Gasteiger partial charge in [-0.05, 0) is 18.9 Å². The number of hydrogen-bond donors (Lipinski definition) is 2. The van der Waals surface area contributed by atoms with Gasteiger partial charge in [-0.25, -0.2) is 4.79 Å². The van der Waals surface area contributed by atoms with Gasteiger partial charge in [0, 0.05) is 5.70 Å². The van der Waals surface area contributed by atoms with Crippen LogP contribution < -0.4 is 5.32 Å². The van der Waals surface area contributed by atoms with Crippen LogP contribution in [-0.4, -0.2) is 39.8 Å². The fraction of sp³-hybridized carbons (Fsp3) is 0.500. The molecule has 1 saturated heterocycles. The van der Waals surface area contributed by atoms with Crippen molar-refractivity contribution >= 4 is 29.5 Å². The number of allylic oxidation sites excluding steroid dienone is 1. The number of rotatable bonds is 2. The van der Waals surface area contributed by atoms with E-state index in [2.05, 4.69) is 5.32 Å². The van der Waals surface area contributed by atoms with E-state index < -0.39 is 24.5 Å². The quantitative estimate of drug-likeness (QED) is 0.707. The van der Waals surface area contributed by atoms with Gasteiger partial charge in [0.05, 0.1) is 11.3 Å². The zero-order chi connectivity index (χ0) is 12.6. The summed E-state index contributed by atoms with van der Waals surface area (Å²) in [6.45, 7) is -0.467. The maximum absolute atomic E-state index is 11.6. The minimum absolute atomic E-state index is 0.267. The van der Waals surface area contributed by atoms with Crippen molar-refractivity contribution in [1.82, 2.24) is 10.2 Å². The average molecular weight is 259 g/mol. The number of amides is 3. The third kappa shape index (κ3) is 2.26. The van der Waals surface area contributed by atoms with Gasteiger partial charge < -0.3 is 5.11 Å². The van der Waals surface area contributed by atoms with Crippen LogP contribution in [0.25, 0.3) is 0 Å². The van der Waals surface area contributed by atoms with Crippen molar-refractivity contribution in [1.29, 1.82) is 0 Å². The van der Waals surface area contributed by atoms with Crippen LogP contribution in [0.2, 0.25) is 0 Å². The number of aliphatic carboxylic acids is 1. The summed E-state index contributed by atoms with van der Waals surface area (Å²) in [5.74, 6) is -1.99. The number of fused-ring (bicyclic) bond motifs is 1. The molecule has 0 aromatic rings. The van der Waals surface area contributed by atoms with Crippen LogP contribution in [0.1, 0.15) is 12.8 Å². The minimum Gasteiger partial charge on any atom is -0.480 e. The maximum Gasteiger partial charge on any atom is 0.328 e. The van der Waals surface area contributed by atoms with Gasteiger partial charge in [0.25, 0.3) is 0 Å². The highest BCUT2D eigenvalue weighted by molar-refractivity contribution is 6.22. The highest BCUT2D eigenvalue weighted by atomic mass is 35.5. The lowest BCUT2D eigenvalue weighted by molar-refractivity contribution is -0.138. The molecule has 1 fully saturated rings. The minimum atomic E-state index is -1.13. The van der Waals surface area contributed by atoms with Crippen LogP contribution in [0, 0.1) is 5.92 Å². The highest BCUT2D eigenvalue weighted by Crippen LogP contribution is 2.32. The molecule has 1 aliphatic heterocycles. The van der Waals surface area contributed by atoms with Crippen molar-refractivity contribution in [3.8, 4) is 0 Å². The number of imide groups is 1. The first-order chi connectivity index (χ1) is 7.99. The molecular weight excluding hydrogens is 248 g/mol. The Hall–Kier alpha value is -1.56. The van der Waals surface area contributed by atoms with E-state index in [9.17, 15) is 14.4 Å². The number of nitrogens with one attached hydrogen (secondary N) is 1. The summed E-state index contributed by atoms with van der Waals surface area (Å²) in [5, 5.41) is 10.6. The number of carbonyl (C=O) groups excluding carboxylic acids is 2. The molecule has 92 valence electrons. The van der Waals surface area contributed by atoms with Crippen molar-refractivity contribution in [3.05, 3.63) is 11.8 Å². The maximum atomic E-state index is 11.6. The van der Waals surface area contributed by atoms with E-state index in [4.69, 9.17) is 16.7 Å². The number of alkyl halides is 1. The number of hydrogen-bond acceptors (Lipinski definition) is 3. The van der Waals surface area contributed by atoms with Gasteiger partial charge in [0.1, 0.15) is 6.54 Å². The first-order valence-corrected chi connectivity index (χ1v) is 5.62. The Kier molecular flexibility index (Phi) is 3.06. The zero-order valence-corrected chi connectivity index (χ0v) is 9.61. The lowest BCUT2D eigenvalue weighted by Gasteiger charge is -2.36. The van der Waals surface area contributed by atoms with Crippen LogP contribution in [-0.2, 0) is 9.59 Å². The molecule has 0 spiro atoms. The van der Waals surface area contributed by atoms with Gasteiger partial charge >= 0.3 is 12.0 Å². The molecule has 2 atom stereocenters. The molecule has 6 nitrogen and oxygen atoms in total. The third-order valence-corrected chi connectivity index (χ3v) is 3.18. The van der Waals surface area contributed by atoms with Crippen LogP contribution in [0.4, 0.5) is 4.79 Å². The summed E-state index contributed by atoms with van der Waals surface area (Å²) in [6.07, 6.45) is 2.75. The van der Waals surface area contributed by atoms with Crippen molar-refractivity contribution in [2.45, 2.75) is 18.2 Å². The molecule has 2 rings (SSSR count). The summed E-state index contributed by atoms with van der Waals surface area (Å²) < 4.78 is 0. The molecule has 0 radical (unpaired) electrons. The van der Waals surface area contributed by atoms with Crippen LogP contribution in [0.3, 0.4) is 0 Å². The number of halogens is 1. The van der Waals surface area contributed by atoms with E-state index >= 15 is 0 Å². The van der Waals surface area contributed by atoms with Crippen LogP contribution >= 0.6 is 11.6 Å². The van der Waals surface area contributed by atoms with E-state index in [1.165, 1.54) is 0 Å². The molecule has 0 saturated carbocycles. The Morgan fingerprint density at radius 1 is 1.53 bits per heavy atom. The van der Waals surface area contributed by atoms with Crippen LogP contribution in [0.5, 0.6) is 0 Å². The molecule has 2 aliphatic rings. The molecule has 1 heterocycles. The van der Waals surface area contributed by atoms with Gasteiger partial charge in [-0.3, -0.25) is 19.8 Å². The SMILES string of the molecule is O=C(O)CN1C(=O)NC(=O)C2CCC(Cl)C=C21. The molecule has 0 bridgehead atoms. The largest absolute Gasteiger partial charge is 0.480 e. The number of urea groups is 1. The van der Waals surface area contributed by atoms with Crippen molar-refractivity contribution in [2.24, 2.45) is 5.92 Å². The lowest BCUT2D eigenvalue weighted by Crippen LogP contribution is -2.55. The zero-order valence-electron chi connectivity index (χ0n) is 8.85. The Bertz CT molecular complexity index is 421. The van der Waals surface area contributed by atoms with Gasteiger partial charge in [-0.2, -0.15) is 0 Å². The van der Waals surface area contributed by atoms with Gasteiger partial charge in [-0.15, -0.1) is 11.6 Å².